The van der Waals surface area contributed by atoms with Crippen LogP contribution in [0.5, 0.6) is 5.75 Å². The van der Waals surface area contributed by atoms with E-state index in [1.54, 1.807) is 43.9 Å². The van der Waals surface area contributed by atoms with Gasteiger partial charge in [-0.3, -0.25) is 14.4 Å². The molecule has 1 aliphatic rings. The topological polar surface area (TPSA) is 106 Å². The first-order valence-corrected chi connectivity index (χ1v) is 10.9. The van der Waals surface area contributed by atoms with Gasteiger partial charge in [-0.1, -0.05) is 6.07 Å². The summed E-state index contributed by atoms with van der Waals surface area (Å²) in [6.07, 6.45) is 2.60. The van der Waals surface area contributed by atoms with Gasteiger partial charge in [0.1, 0.15) is 17.0 Å². The van der Waals surface area contributed by atoms with E-state index in [2.05, 4.69) is 4.98 Å². The summed E-state index contributed by atoms with van der Waals surface area (Å²) in [5.41, 5.74) is 0.0776. The summed E-state index contributed by atoms with van der Waals surface area (Å²) in [7, 11) is 4.75. The molecule has 0 aliphatic heterocycles. The van der Waals surface area contributed by atoms with E-state index in [1.165, 1.54) is 11.0 Å². The number of nitrogens with zero attached hydrogens (tertiary/aromatic N) is 3. The van der Waals surface area contributed by atoms with E-state index in [4.69, 9.17) is 4.74 Å². The highest BCUT2D eigenvalue weighted by Crippen LogP contribution is 2.43. The van der Waals surface area contributed by atoms with Gasteiger partial charge in [-0.2, -0.15) is 0 Å². The van der Waals surface area contributed by atoms with Gasteiger partial charge in [0.05, 0.1) is 23.5 Å². The Labute approximate surface area is 194 Å². The molecule has 0 spiro atoms. The van der Waals surface area contributed by atoms with Crippen LogP contribution in [0.15, 0.2) is 52.2 Å². The Hall–Kier alpha value is -4.14. The van der Waals surface area contributed by atoms with Crippen molar-refractivity contribution < 1.29 is 14.3 Å². The molecule has 1 N–H and O–H groups in total. The van der Waals surface area contributed by atoms with E-state index in [-0.39, 0.29) is 17.1 Å². The number of fused-ring (bicyclic) bond motifs is 2. The summed E-state index contributed by atoms with van der Waals surface area (Å²) in [6, 6.07) is 10.2. The van der Waals surface area contributed by atoms with Crippen LogP contribution >= 0.6 is 0 Å². The Kier molecular flexibility index (Phi) is 4.75. The molecule has 0 radical (unpaired) electrons. The first-order chi connectivity index (χ1) is 16.2. The van der Waals surface area contributed by atoms with Crippen molar-refractivity contribution >= 4 is 28.1 Å². The normalized spacial score (nSPS) is 14.4. The zero-order valence-electron chi connectivity index (χ0n) is 19.3. The first-order valence-electron chi connectivity index (χ1n) is 10.9. The Balaban J connectivity index is 1.69. The van der Waals surface area contributed by atoms with Gasteiger partial charge in [-0.15, -0.1) is 0 Å². The molecule has 0 atom stereocenters. The standard InChI is InChI=1S/C25H24N4O5/c1-14-19(28-12-6-5-7-18(28)21(14)34-4)20(30)15-8-9-17-16(13-15)22(31)29(24(33)26-17)25(10-11-25)23(32)27(2)3/h5-9,12-13H,10-11H2,1-4H3,(H,26,33). The van der Waals surface area contributed by atoms with Gasteiger partial charge in [0.2, 0.25) is 11.7 Å². The number of aromatic nitrogens is 3. The summed E-state index contributed by atoms with van der Waals surface area (Å²) >= 11 is 0. The number of aromatic amines is 1. The third-order valence-electron chi connectivity index (χ3n) is 6.56. The predicted octanol–water partition coefficient (Wildman–Crippen LogP) is 2.07. The molecule has 1 aromatic carbocycles. The van der Waals surface area contributed by atoms with Crippen molar-refractivity contribution in [1.82, 2.24) is 18.9 Å². The largest absolute Gasteiger partial charge is 0.494 e. The molecule has 0 unspecified atom stereocenters. The van der Waals surface area contributed by atoms with Gasteiger partial charge in [-0.05, 0) is 50.1 Å². The van der Waals surface area contributed by atoms with Crippen molar-refractivity contribution in [3.8, 4) is 5.75 Å². The van der Waals surface area contributed by atoms with Crippen LogP contribution in [0.1, 0.15) is 34.5 Å². The highest BCUT2D eigenvalue weighted by molar-refractivity contribution is 6.11. The number of ether oxygens (including phenoxy) is 1. The van der Waals surface area contributed by atoms with Crippen molar-refractivity contribution in [1.29, 1.82) is 0 Å². The molecule has 174 valence electrons. The number of pyridine rings is 1. The van der Waals surface area contributed by atoms with Crippen LogP contribution in [0.25, 0.3) is 16.4 Å². The maximum atomic E-state index is 13.6. The molecule has 1 amide bonds. The number of rotatable bonds is 5. The molecule has 3 heterocycles. The predicted molar refractivity (Wildman–Crippen MR) is 127 cm³/mol. The average Bonchev–Trinajstić information content (AvgIpc) is 3.55. The van der Waals surface area contributed by atoms with Crippen LogP contribution in [-0.4, -0.2) is 51.7 Å². The maximum Gasteiger partial charge on any atom is 0.329 e. The number of H-pyrrole nitrogens is 1. The molecule has 1 fully saturated rings. The van der Waals surface area contributed by atoms with Gasteiger partial charge in [-0.25, -0.2) is 9.36 Å². The minimum Gasteiger partial charge on any atom is -0.494 e. The summed E-state index contributed by atoms with van der Waals surface area (Å²) in [5.74, 6) is 0.0231. The minimum atomic E-state index is -1.18. The number of carbonyl (C=O) groups excluding carboxylic acids is 2. The molecular weight excluding hydrogens is 436 g/mol. The minimum absolute atomic E-state index is 0.175. The van der Waals surface area contributed by atoms with Gasteiger partial charge in [0.15, 0.2) is 0 Å². The maximum absolute atomic E-state index is 13.6. The molecule has 34 heavy (non-hydrogen) atoms. The molecule has 0 bridgehead atoms. The lowest BCUT2D eigenvalue weighted by Crippen LogP contribution is -2.49. The number of methoxy groups -OCH3 is 1. The lowest BCUT2D eigenvalue weighted by molar-refractivity contribution is -0.133. The van der Waals surface area contributed by atoms with Crippen LogP contribution in [0.3, 0.4) is 0 Å². The van der Waals surface area contributed by atoms with Crippen LogP contribution < -0.4 is 16.0 Å². The summed E-state index contributed by atoms with van der Waals surface area (Å²) in [5, 5.41) is 0.175. The van der Waals surface area contributed by atoms with Crippen molar-refractivity contribution in [3.05, 3.63) is 80.3 Å². The van der Waals surface area contributed by atoms with Gasteiger partial charge in [0, 0.05) is 31.4 Å². The van der Waals surface area contributed by atoms with E-state index in [1.807, 2.05) is 25.1 Å². The quantitative estimate of drug-likeness (QED) is 0.459. The lowest BCUT2D eigenvalue weighted by Gasteiger charge is -2.21. The number of carbonyl (C=O) groups is 2. The van der Waals surface area contributed by atoms with E-state index < -0.39 is 16.8 Å². The number of nitrogens with one attached hydrogen (secondary N) is 1. The first kappa shape index (κ1) is 21.7. The highest BCUT2D eigenvalue weighted by atomic mass is 16.5. The number of benzene rings is 1. The Bertz CT molecular complexity index is 1620. The van der Waals surface area contributed by atoms with Crippen molar-refractivity contribution in [3.63, 3.8) is 0 Å². The molecule has 3 aromatic heterocycles. The molecule has 1 aliphatic carbocycles. The van der Waals surface area contributed by atoms with E-state index in [0.29, 0.717) is 40.9 Å². The number of amides is 1. The van der Waals surface area contributed by atoms with Crippen LogP contribution in [-0.2, 0) is 10.3 Å². The van der Waals surface area contributed by atoms with E-state index in [0.717, 1.165) is 10.1 Å². The molecule has 9 heteroatoms. The molecule has 5 rings (SSSR count). The van der Waals surface area contributed by atoms with Gasteiger partial charge >= 0.3 is 5.69 Å². The fourth-order valence-corrected chi connectivity index (χ4v) is 4.79. The summed E-state index contributed by atoms with van der Waals surface area (Å²) < 4.78 is 8.30. The number of hydrogen-bond acceptors (Lipinski definition) is 5. The second kappa shape index (κ2) is 7.44. The third kappa shape index (κ3) is 2.93. The highest BCUT2D eigenvalue weighted by Gasteiger charge is 2.54. The smallest absolute Gasteiger partial charge is 0.329 e. The van der Waals surface area contributed by atoms with Crippen molar-refractivity contribution in [2.24, 2.45) is 0 Å². The fraction of sp³-hybridized carbons (Fsp3) is 0.280. The lowest BCUT2D eigenvalue weighted by atomic mass is 10.0. The summed E-state index contributed by atoms with van der Waals surface area (Å²) in [6.45, 7) is 1.81. The zero-order chi connectivity index (χ0) is 24.4. The Morgan fingerprint density at radius 3 is 2.50 bits per heavy atom. The third-order valence-corrected chi connectivity index (χ3v) is 6.56. The average molecular weight is 460 g/mol. The number of ketones is 1. The SMILES string of the molecule is COc1c(C)c(C(=O)c2ccc3[nH]c(=O)n(C4(C(=O)N(C)C)CC4)c(=O)c3c2)n2ccccc12. The fourth-order valence-electron chi connectivity index (χ4n) is 4.79. The Morgan fingerprint density at radius 1 is 1.12 bits per heavy atom. The zero-order valence-corrected chi connectivity index (χ0v) is 19.3. The molecule has 4 aromatic rings. The van der Waals surface area contributed by atoms with Crippen LogP contribution in [0, 0.1) is 6.92 Å². The molecular formula is C25H24N4O5. The van der Waals surface area contributed by atoms with Gasteiger partial charge < -0.3 is 19.0 Å². The monoisotopic (exact) mass is 460 g/mol. The van der Waals surface area contributed by atoms with Gasteiger partial charge in [0.25, 0.3) is 5.56 Å². The molecule has 9 nitrogen and oxygen atoms in total. The second-order valence-corrected chi connectivity index (χ2v) is 8.85. The summed E-state index contributed by atoms with van der Waals surface area (Å²) in [4.78, 5) is 56.7. The second-order valence-electron chi connectivity index (χ2n) is 8.85. The Morgan fingerprint density at radius 2 is 1.85 bits per heavy atom. The van der Waals surface area contributed by atoms with Crippen LogP contribution in [0.2, 0.25) is 0 Å². The van der Waals surface area contributed by atoms with Crippen LogP contribution in [0.4, 0.5) is 0 Å². The molecule has 1 saturated carbocycles. The number of likely N-dealkylation sites (N-methyl/N-ethyl adjacent to an activating group) is 1. The van der Waals surface area contributed by atoms with E-state index in [9.17, 15) is 19.2 Å². The van der Waals surface area contributed by atoms with Crippen molar-refractivity contribution in [2.45, 2.75) is 25.3 Å². The number of hydrogen-bond donors (Lipinski definition) is 1. The van der Waals surface area contributed by atoms with E-state index >= 15 is 0 Å². The van der Waals surface area contributed by atoms with Crippen molar-refractivity contribution in [2.75, 3.05) is 21.2 Å². The molecule has 0 saturated heterocycles.